The van der Waals surface area contributed by atoms with Crippen LogP contribution in [0.2, 0.25) is 0 Å². The maximum atomic E-state index is 13.4. The zero-order valence-electron chi connectivity index (χ0n) is 28.4. The van der Waals surface area contributed by atoms with Gasteiger partial charge in [0.1, 0.15) is 17.5 Å². The Morgan fingerprint density at radius 3 is 2.35 bits per heavy atom. The lowest BCUT2D eigenvalue weighted by molar-refractivity contribution is -0.145. The number of pyridine rings is 1. The number of unbranched alkanes of at least 4 members (excludes halogenated alkanes) is 1. The summed E-state index contributed by atoms with van der Waals surface area (Å²) in [6.07, 6.45) is 4.71. The van der Waals surface area contributed by atoms with Gasteiger partial charge in [-0.05, 0) is 62.6 Å². The van der Waals surface area contributed by atoms with Crippen LogP contribution in [0, 0.1) is 12.8 Å². The number of carbonyl (C=O) groups is 5. The number of likely N-dealkylation sites (tertiary alicyclic amines) is 2. The molecule has 2 aromatic rings. The molecule has 1 aromatic carbocycles. The molecule has 5 amide bonds. The van der Waals surface area contributed by atoms with E-state index in [1.807, 2.05) is 36.9 Å². The second-order valence-electron chi connectivity index (χ2n) is 13.1. The highest BCUT2D eigenvalue weighted by Gasteiger charge is 2.37. The van der Waals surface area contributed by atoms with E-state index >= 15 is 0 Å². The fraction of sp³-hybridized carbons (Fsp3) is 0.600. The molecular formula is C35H48N6O7. The normalized spacial score (nSPS) is 18.6. The van der Waals surface area contributed by atoms with Crippen LogP contribution >= 0.6 is 0 Å². The Morgan fingerprint density at radius 1 is 0.896 bits per heavy atom. The van der Waals surface area contributed by atoms with E-state index in [0.29, 0.717) is 68.3 Å². The van der Waals surface area contributed by atoms with Crippen LogP contribution in [0.25, 0.3) is 10.9 Å². The number of nitrogens with one attached hydrogen (secondary N) is 1. The molecule has 260 valence electrons. The van der Waals surface area contributed by atoms with Crippen molar-refractivity contribution < 1.29 is 33.4 Å². The van der Waals surface area contributed by atoms with Crippen LogP contribution in [-0.2, 0) is 19.1 Å². The Morgan fingerprint density at radius 2 is 1.62 bits per heavy atom. The molecule has 0 saturated carbocycles. The fourth-order valence-corrected chi connectivity index (χ4v) is 6.42. The van der Waals surface area contributed by atoms with Crippen molar-refractivity contribution >= 4 is 40.6 Å². The molecule has 0 radical (unpaired) electrons. The van der Waals surface area contributed by atoms with E-state index in [1.54, 1.807) is 14.7 Å². The van der Waals surface area contributed by atoms with Gasteiger partial charge in [-0.2, -0.15) is 0 Å². The first-order valence-corrected chi connectivity index (χ1v) is 17.2. The SMILES string of the molecule is CCCCOC(=O)N1CCN(C(=O)CNC(=O)c2cc(OCC(=O)N3CCC[C@H]3C(=O)N3CCC(C)CC3)c3ccc(C)cc3n2)CC1. The summed E-state index contributed by atoms with van der Waals surface area (Å²) in [7, 11) is 0. The lowest BCUT2D eigenvalue weighted by Crippen LogP contribution is -2.52. The van der Waals surface area contributed by atoms with Crippen molar-refractivity contribution in [3.63, 3.8) is 0 Å². The molecule has 1 atom stereocenters. The van der Waals surface area contributed by atoms with Crippen LogP contribution in [0.5, 0.6) is 5.75 Å². The summed E-state index contributed by atoms with van der Waals surface area (Å²) in [4.78, 5) is 76.3. The molecule has 48 heavy (non-hydrogen) atoms. The number of fused-ring (bicyclic) bond motifs is 1. The number of carbonyl (C=O) groups excluding carboxylic acids is 5. The van der Waals surface area contributed by atoms with Crippen LogP contribution in [0.3, 0.4) is 0 Å². The van der Waals surface area contributed by atoms with E-state index in [1.165, 1.54) is 6.07 Å². The minimum Gasteiger partial charge on any atom is -0.483 e. The first-order chi connectivity index (χ1) is 23.1. The summed E-state index contributed by atoms with van der Waals surface area (Å²) < 4.78 is 11.3. The maximum absolute atomic E-state index is 13.4. The number of aryl methyl sites for hydroxylation is 1. The van der Waals surface area contributed by atoms with E-state index < -0.39 is 11.9 Å². The third-order valence-corrected chi connectivity index (χ3v) is 9.48. The monoisotopic (exact) mass is 664 g/mol. The highest BCUT2D eigenvalue weighted by Crippen LogP contribution is 2.28. The smallest absolute Gasteiger partial charge is 0.409 e. The van der Waals surface area contributed by atoms with Crippen molar-refractivity contribution in [1.29, 1.82) is 0 Å². The highest BCUT2D eigenvalue weighted by molar-refractivity contribution is 5.99. The quantitative estimate of drug-likeness (QED) is 0.383. The Bertz CT molecular complexity index is 1500. The Kier molecular flexibility index (Phi) is 11.7. The molecule has 0 bridgehead atoms. The number of piperidine rings is 1. The molecule has 3 saturated heterocycles. The predicted octanol–water partition coefficient (Wildman–Crippen LogP) is 2.98. The molecule has 3 aliphatic rings. The summed E-state index contributed by atoms with van der Waals surface area (Å²) in [5.41, 5.74) is 1.51. The molecule has 5 rings (SSSR count). The lowest BCUT2D eigenvalue weighted by atomic mass is 9.98. The van der Waals surface area contributed by atoms with E-state index in [9.17, 15) is 24.0 Å². The van der Waals surface area contributed by atoms with E-state index in [4.69, 9.17) is 9.47 Å². The molecule has 3 fully saturated rings. The van der Waals surface area contributed by atoms with Gasteiger partial charge in [0.05, 0.1) is 18.7 Å². The van der Waals surface area contributed by atoms with E-state index in [0.717, 1.165) is 50.8 Å². The van der Waals surface area contributed by atoms with Gasteiger partial charge in [0.2, 0.25) is 11.8 Å². The van der Waals surface area contributed by atoms with Crippen LogP contribution in [0.15, 0.2) is 24.3 Å². The molecule has 0 aliphatic carbocycles. The topological polar surface area (TPSA) is 142 Å². The van der Waals surface area contributed by atoms with Crippen molar-refractivity contribution in [2.24, 2.45) is 5.92 Å². The standard InChI is InChI=1S/C35H48N6O7/c1-4-5-19-47-35(46)40-17-15-38(16-18-40)31(42)22-36-33(44)28-21-30(26-9-8-25(3)20-27(26)37-28)48-23-32(43)41-12-6-7-29(41)34(45)39-13-10-24(2)11-14-39/h8-9,20-21,24,29H,4-7,10-19,22-23H2,1-3H3,(H,36,44)/t29-/m0/s1. The average molecular weight is 665 g/mol. The summed E-state index contributed by atoms with van der Waals surface area (Å²) in [5, 5.41) is 3.30. The summed E-state index contributed by atoms with van der Waals surface area (Å²) >= 11 is 0. The summed E-state index contributed by atoms with van der Waals surface area (Å²) in [5.74, 6) is -0.169. The molecule has 4 heterocycles. The number of ether oxygens (including phenoxy) is 2. The number of hydrogen-bond donors (Lipinski definition) is 1. The van der Waals surface area contributed by atoms with Crippen LogP contribution in [0.4, 0.5) is 4.79 Å². The third-order valence-electron chi connectivity index (χ3n) is 9.48. The first kappa shape index (κ1) is 34.9. The first-order valence-electron chi connectivity index (χ1n) is 17.2. The summed E-state index contributed by atoms with van der Waals surface area (Å²) in [6, 6.07) is 6.56. The molecule has 3 aliphatic heterocycles. The van der Waals surface area contributed by atoms with E-state index in [-0.39, 0.29) is 42.7 Å². The number of rotatable bonds is 10. The van der Waals surface area contributed by atoms with E-state index in [2.05, 4.69) is 17.2 Å². The highest BCUT2D eigenvalue weighted by atomic mass is 16.6. The van der Waals surface area contributed by atoms with Gasteiger partial charge in [-0.15, -0.1) is 0 Å². The van der Waals surface area contributed by atoms with Gasteiger partial charge < -0.3 is 34.4 Å². The van der Waals surface area contributed by atoms with Crippen molar-refractivity contribution in [2.45, 2.75) is 65.3 Å². The van der Waals surface area contributed by atoms with Crippen molar-refractivity contribution in [1.82, 2.24) is 29.9 Å². The Labute approximate surface area is 281 Å². The molecule has 0 spiro atoms. The molecule has 13 heteroatoms. The number of piperazine rings is 1. The van der Waals surface area contributed by atoms with Gasteiger partial charge in [-0.3, -0.25) is 19.2 Å². The second kappa shape index (κ2) is 16.1. The molecule has 13 nitrogen and oxygen atoms in total. The van der Waals surface area contributed by atoms with Gasteiger partial charge in [0.15, 0.2) is 6.61 Å². The van der Waals surface area contributed by atoms with Crippen LogP contribution in [-0.4, -0.2) is 126 Å². The maximum Gasteiger partial charge on any atom is 0.409 e. The number of hydrogen-bond acceptors (Lipinski definition) is 8. The number of amides is 5. The van der Waals surface area contributed by atoms with Crippen molar-refractivity contribution in [2.75, 3.05) is 65.6 Å². The van der Waals surface area contributed by atoms with Gasteiger partial charge in [0.25, 0.3) is 11.8 Å². The largest absolute Gasteiger partial charge is 0.483 e. The Balaban J connectivity index is 1.18. The second-order valence-corrected chi connectivity index (χ2v) is 13.1. The molecular weight excluding hydrogens is 616 g/mol. The van der Waals surface area contributed by atoms with Crippen LogP contribution in [0.1, 0.15) is 68.4 Å². The third kappa shape index (κ3) is 8.53. The lowest BCUT2D eigenvalue weighted by Gasteiger charge is -2.34. The zero-order chi connectivity index (χ0) is 34.2. The predicted molar refractivity (Wildman–Crippen MR) is 178 cm³/mol. The fourth-order valence-electron chi connectivity index (χ4n) is 6.42. The zero-order valence-corrected chi connectivity index (χ0v) is 28.4. The minimum absolute atomic E-state index is 0.0119. The summed E-state index contributed by atoms with van der Waals surface area (Å²) in [6.45, 7) is 9.35. The van der Waals surface area contributed by atoms with Crippen LogP contribution < -0.4 is 10.1 Å². The molecule has 1 aromatic heterocycles. The van der Waals surface area contributed by atoms with Gasteiger partial charge in [-0.25, -0.2) is 9.78 Å². The van der Waals surface area contributed by atoms with Crippen molar-refractivity contribution in [3.8, 4) is 5.75 Å². The van der Waals surface area contributed by atoms with Crippen molar-refractivity contribution in [3.05, 3.63) is 35.5 Å². The molecule has 0 unspecified atom stereocenters. The number of nitrogens with zero attached hydrogens (tertiary/aromatic N) is 5. The number of benzene rings is 1. The molecule has 1 N–H and O–H groups in total. The minimum atomic E-state index is -0.554. The number of aromatic nitrogens is 1. The van der Waals surface area contributed by atoms with Gasteiger partial charge >= 0.3 is 6.09 Å². The average Bonchev–Trinajstić information content (AvgIpc) is 3.59. The van der Waals surface area contributed by atoms with Gasteiger partial charge in [-0.1, -0.05) is 26.3 Å². The Hall–Kier alpha value is -4.42. The van der Waals surface area contributed by atoms with Gasteiger partial charge in [0, 0.05) is 57.3 Å².